The molecule has 0 bridgehead atoms. The first-order valence-electron chi connectivity index (χ1n) is 23.8. The summed E-state index contributed by atoms with van der Waals surface area (Å²) in [7, 11) is 0. The molecule has 3 nitrogen and oxygen atoms in total. The van der Waals surface area contributed by atoms with E-state index in [1.807, 2.05) is 0 Å². The van der Waals surface area contributed by atoms with Crippen LogP contribution >= 0.6 is 0 Å². The Morgan fingerprint density at radius 3 is 1.89 bits per heavy atom. The highest BCUT2D eigenvalue weighted by molar-refractivity contribution is 6.93. The van der Waals surface area contributed by atoms with Crippen molar-refractivity contribution in [1.29, 1.82) is 0 Å². The first kappa shape index (κ1) is 41.4. The van der Waals surface area contributed by atoms with Crippen LogP contribution in [0.5, 0.6) is 0 Å². The molecule has 1 aliphatic carbocycles. The number of benzene rings is 7. The molecule has 1 aromatic heterocycles. The number of para-hydroxylation sites is 1. The summed E-state index contributed by atoms with van der Waals surface area (Å²) in [5.74, 6) is 0. The molecule has 0 amide bonds. The van der Waals surface area contributed by atoms with E-state index in [0.29, 0.717) is 6.54 Å². The van der Waals surface area contributed by atoms with Crippen LogP contribution < -0.4 is 20.8 Å². The lowest BCUT2D eigenvalue weighted by atomic mass is 9.45. The van der Waals surface area contributed by atoms with Crippen LogP contribution in [0.1, 0.15) is 110 Å². The third-order valence-electron chi connectivity index (χ3n) is 15.1. The van der Waals surface area contributed by atoms with Crippen molar-refractivity contribution < 1.29 is 4.42 Å². The number of anilines is 4. The largest absolute Gasteiger partial charge is 0.466 e. The molecule has 0 saturated carbocycles. The van der Waals surface area contributed by atoms with Gasteiger partial charge in [0.2, 0.25) is 0 Å². The summed E-state index contributed by atoms with van der Waals surface area (Å²) in [6, 6.07) is 57.3. The van der Waals surface area contributed by atoms with Crippen LogP contribution in [-0.4, -0.2) is 6.85 Å². The summed E-state index contributed by atoms with van der Waals surface area (Å²) in [5, 5.41) is 1.14. The van der Waals surface area contributed by atoms with Crippen molar-refractivity contribution in [3.05, 3.63) is 179 Å². The third-order valence-corrected chi connectivity index (χ3v) is 15.1. The molecule has 11 rings (SSSR count). The maximum absolute atomic E-state index is 7.35. The van der Waals surface area contributed by atoms with Gasteiger partial charge in [-0.05, 0) is 138 Å². The lowest BCUT2D eigenvalue weighted by Crippen LogP contribution is -2.61. The van der Waals surface area contributed by atoms with Crippen molar-refractivity contribution in [3.63, 3.8) is 0 Å². The van der Waals surface area contributed by atoms with Crippen molar-refractivity contribution in [2.45, 2.75) is 110 Å². The molecule has 0 spiro atoms. The molecule has 4 heteroatoms. The first-order valence-corrected chi connectivity index (χ1v) is 23.8. The van der Waals surface area contributed by atoms with Crippen LogP contribution in [0.15, 0.2) is 156 Å². The molecule has 0 atom stereocenters. The van der Waals surface area contributed by atoms with Gasteiger partial charge in [0.1, 0.15) is 11.2 Å². The Bertz CT molecular complexity index is 3160. The second-order valence-electron chi connectivity index (χ2n) is 22.5. The van der Waals surface area contributed by atoms with Crippen molar-refractivity contribution in [3.8, 4) is 33.4 Å². The van der Waals surface area contributed by atoms with Gasteiger partial charge in [-0.2, -0.15) is 0 Å². The maximum Gasteiger partial charge on any atom is 0.375 e. The molecule has 0 saturated heterocycles. The zero-order chi connectivity index (χ0) is 45.2. The summed E-state index contributed by atoms with van der Waals surface area (Å²) < 4.78 is 7.35. The van der Waals surface area contributed by atoms with Gasteiger partial charge < -0.3 is 14.1 Å². The minimum absolute atomic E-state index is 0.00551. The molecule has 3 heterocycles. The molecule has 2 aliphatic heterocycles. The van der Waals surface area contributed by atoms with E-state index in [9.17, 15) is 0 Å². The van der Waals surface area contributed by atoms with Crippen LogP contribution in [0.4, 0.5) is 22.7 Å². The maximum atomic E-state index is 7.35. The van der Waals surface area contributed by atoms with Gasteiger partial charge in [-0.25, -0.2) is 0 Å². The molecular weight excluding hydrogens is 787 g/mol. The average molecular weight is 849 g/mol. The Balaban J connectivity index is 1.23. The van der Waals surface area contributed by atoms with Crippen molar-refractivity contribution in [2.24, 2.45) is 0 Å². The van der Waals surface area contributed by atoms with E-state index in [1.54, 1.807) is 0 Å². The van der Waals surface area contributed by atoms with Crippen LogP contribution in [0.25, 0.3) is 44.3 Å². The Morgan fingerprint density at radius 2 is 1.18 bits per heavy atom. The summed E-state index contributed by atoms with van der Waals surface area (Å²) in [6.45, 7) is 24.2. The van der Waals surface area contributed by atoms with Crippen molar-refractivity contribution in [2.75, 3.05) is 9.71 Å². The summed E-state index contributed by atoms with van der Waals surface area (Å²) >= 11 is 0. The third kappa shape index (κ3) is 6.78. The molecular formula is C61H61BN2O. The molecule has 0 fully saturated rings. The SMILES string of the molecule is CC(C)(C)c1ccc(CN2c3cc(C(C)(C)C)cc4c3B(c3oc5ccccc5c32)N(c2ccc3c(c2)C(C)(C)CCC3(C)C)c2ccc(-c3ccccc3)cc2-4)c(-c2ccccc2)c1. The highest BCUT2D eigenvalue weighted by atomic mass is 16.3. The van der Waals surface area contributed by atoms with E-state index in [2.05, 4.69) is 231 Å². The van der Waals surface area contributed by atoms with Crippen LogP contribution in [0.3, 0.4) is 0 Å². The van der Waals surface area contributed by atoms with E-state index >= 15 is 0 Å². The van der Waals surface area contributed by atoms with Gasteiger partial charge >= 0.3 is 6.85 Å². The van der Waals surface area contributed by atoms with Gasteiger partial charge in [-0.15, -0.1) is 0 Å². The number of furan rings is 1. The zero-order valence-corrected chi connectivity index (χ0v) is 39.9. The predicted octanol–water partition coefficient (Wildman–Crippen LogP) is 15.3. The summed E-state index contributed by atoms with van der Waals surface area (Å²) in [6.07, 6.45) is 2.34. The Kier molecular flexibility index (Phi) is 9.33. The van der Waals surface area contributed by atoms with Crippen LogP contribution in [0, 0.1) is 0 Å². The first-order chi connectivity index (χ1) is 31.0. The van der Waals surface area contributed by atoms with E-state index < -0.39 is 0 Å². The minimum atomic E-state index is -0.211. The van der Waals surface area contributed by atoms with Gasteiger partial charge in [-0.3, -0.25) is 0 Å². The van der Waals surface area contributed by atoms with Crippen LogP contribution in [0.2, 0.25) is 0 Å². The minimum Gasteiger partial charge on any atom is -0.466 e. The Morgan fingerprint density at radius 1 is 0.538 bits per heavy atom. The lowest BCUT2D eigenvalue weighted by Gasteiger charge is -2.46. The standard InChI is InChI=1S/C61H61BN2O/c1-58(2,3)43-27-25-42(47(34-43)40-21-15-12-16-22-40)38-63-53-36-44(59(4,5)6)35-49-48-33-41(39-19-13-11-14-20-39)26-30-52(48)64(45-28-29-50-51(37-45)61(9,10)32-31-60(50,7)8)62(55(49)53)57-56(63)46-23-17-18-24-54(46)65-57/h11-30,33-37H,31-32,38H2,1-10H3. The molecule has 8 aromatic rings. The summed E-state index contributed by atoms with van der Waals surface area (Å²) in [4.78, 5) is 5.25. The van der Waals surface area contributed by atoms with Gasteiger partial charge in [0.25, 0.3) is 0 Å². The van der Waals surface area contributed by atoms with Crippen molar-refractivity contribution >= 4 is 51.7 Å². The second kappa shape index (κ2) is 14.6. The molecule has 65 heavy (non-hydrogen) atoms. The lowest BCUT2D eigenvalue weighted by molar-refractivity contribution is 0.332. The van der Waals surface area contributed by atoms with Crippen molar-refractivity contribution in [1.82, 2.24) is 0 Å². The van der Waals surface area contributed by atoms with Gasteiger partial charge in [-0.1, -0.05) is 178 Å². The van der Waals surface area contributed by atoms with E-state index in [4.69, 9.17) is 4.42 Å². The highest BCUT2D eigenvalue weighted by Gasteiger charge is 2.49. The molecule has 0 N–H and O–H groups in total. The second-order valence-corrected chi connectivity index (χ2v) is 22.5. The molecule has 3 aliphatic rings. The fourth-order valence-electron chi connectivity index (χ4n) is 11.1. The molecule has 0 unspecified atom stereocenters. The van der Waals surface area contributed by atoms with Gasteiger partial charge in [0, 0.05) is 34.6 Å². The fraction of sp³-hybridized carbons (Fsp3) is 0.279. The summed E-state index contributed by atoms with van der Waals surface area (Å²) in [5.41, 5.74) is 22.4. The van der Waals surface area contributed by atoms with Gasteiger partial charge in [0.05, 0.1) is 5.69 Å². The van der Waals surface area contributed by atoms with E-state index in [0.717, 1.165) is 28.7 Å². The number of rotatable bonds is 5. The Labute approximate surface area is 387 Å². The number of hydrogen-bond donors (Lipinski definition) is 0. The number of fused-ring (bicyclic) bond motifs is 7. The quantitative estimate of drug-likeness (QED) is 0.161. The number of nitrogens with zero attached hydrogens (tertiary/aromatic N) is 2. The normalized spacial score (nSPS) is 15.9. The van der Waals surface area contributed by atoms with E-state index in [-0.39, 0.29) is 28.5 Å². The average Bonchev–Trinajstić information content (AvgIpc) is 3.68. The van der Waals surface area contributed by atoms with Crippen LogP contribution in [-0.2, 0) is 28.2 Å². The monoisotopic (exact) mass is 848 g/mol. The fourth-order valence-corrected chi connectivity index (χ4v) is 11.1. The number of hydrogen-bond acceptors (Lipinski definition) is 3. The molecule has 7 aromatic carbocycles. The zero-order valence-electron chi connectivity index (χ0n) is 39.9. The Hall–Kier alpha value is -6.26. The predicted molar refractivity (Wildman–Crippen MR) is 278 cm³/mol. The molecule has 324 valence electrons. The topological polar surface area (TPSA) is 19.6 Å². The van der Waals surface area contributed by atoms with E-state index in [1.165, 1.54) is 90.1 Å². The highest BCUT2D eigenvalue weighted by Crippen LogP contribution is 2.52. The smallest absolute Gasteiger partial charge is 0.375 e. The van der Waals surface area contributed by atoms with Gasteiger partial charge in [0.15, 0.2) is 0 Å². The molecule has 0 radical (unpaired) electrons.